The Morgan fingerprint density at radius 3 is 2.31 bits per heavy atom. The lowest BCUT2D eigenvalue weighted by Crippen LogP contribution is -2.39. The van der Waals surface area contributed by atoms with E-state index in [9.17, 15) is 0 Å². The van der Waals surface area contributed by atoms with Crippen molar-refractivity contribution < 1.29 is 0 Å². The van der Waals surface area contributed by atoms with Crippen LogP contribution in [0.5, 0.6) is 0 Å². The second-order valence-corrected chi connectivity index (χ2v) is 6.48. The predicted octanol–water partition coefficient (Wildman–Crippen LogP) is 4.45. The summed E-state index contributed by atoms with van der Waals surface area (Å²) < 4.78 is 0. The minimum atomic E-state index is 0.208. The van der Waals surface area contributed by atoms with Crippen molar-refractivity contribution in [3.05, 3.63) is 29.0 Å². The molecule has 1 aromatic rings. The molecule has 1 aromatic heterocycles. The average Bonchev–Trinajstić information content (AvgIpc) is 2.98. The van der Waals surface area contributed by atoms with Crippen LogP contribution in [0.25, 0.3) is 0 Å². The topological polar surface area (TPSA) is 12.9 Å². The highest BCUT2D eigenvalue weighted by Crippen LogP contribution is 2.56. The number of rotatable bonds is 2. The molecule has 1 aliphatic carbocycles. The molecule has 0 bridgehead atoms. The Kier molecular flexibility index (Phi) is 2.78. The molecule has 0 radical (unpaired) electrons. The van der Waals surface area contributed by atoms with E-state index in [0.717, 1.165) is 5.92 Å². The van der Waals surface area contributed by atoms with Crippen molar-refractivity contribution in [3.8, 4) is 0 Å². The maximum Gasteiger partial charge on any atom is 0.129 e. The molecule has 0 saturated heterocycles. The zero-order valence-electron chi connectivity index (χ0n) is 10.5. The minimum Gasteiger partial charge on any atom is -0.245 e. The van der Waals surface area contributed by atoms with Gasteiger partial charge < -0.3 is 0 Å². The first kappa shape index (κ1) is 11.9. The van der Waals surface area contributed by atoms with E-state index in [1.54, 1.807) is 0 Å². The van der Waals surface area contributed by atoms with Gasteiger partial charge in [-0.2, -0.15) is 0 Å². The molecular formula is C14H20ClN. The molecule has 1 aliphatic rings. The molecule has 0 amide bonds. The van der Waals surface area contributed by atoms with Crippen molar-refractivity contribution in [2.24, 2.45) is 11.3 Å². The second kappa shape index (κ2) is 3.73. The highest BCUT2D eigenvalue weighted by atomic mass is 35.5. The molecule has 2 rings (SSSR count). The second-order valence-electron chi connectivity index (χ2n) is 6.09. The summed E-state index contributed by atoms with van der Waals surface area (Å²) in [4.78, 5) is 4.08. The van der Waals surface area contributed by atoms with E-state index in [1.807, 2.05) is 12.3 Å². The highest BCUT2D eigenvalue weighted by molar-refractivity contribution is 6.29. The Labute approximate surface area is 103 Å². The summed E-state index contributed by atoms with van der Waals surface area (Å²) in [6, 6.07) is 4.15. The van der Waals surface area contributed by atoms with Gasteiger partial charge in [0.15, 0.2) is 0 Å². The maximum absolute atomic E-state index is 6.01. The van der Waals surface area contributed by atoms with Gasteiger partial charge in [0.25, 0.3) is 0 Å². The van der Waals surface area contributed by atoms with Crippen LogP contribution in [0.15, 0.2) is 18.3 Å². The molecule has 1 unspecified atom stereocenters. The summed E-state index contributed by atoms with van der Waals surface area (Å²) in [6.07, 6.45) is 4.51. The Morgan fingerprint density at radius 2 is 1.88 bits per heavy atom. The zero-order valence-corrected chi connectivity index (χ0v) is 11.3. The summed E-state index contributed by atoms with van der Waals surface area (Å²) in [5.41, 5.74) is 1.79. The van der Waals surface area contributed by atoms with Gasteiger partial charge in [0.1, 0.15) is 5.15 Å². The standard InChI is InChI=1S/C14H20ClN/c1-13(2,3)14(4,10-5-6-10)11-7-8-16-12(15)9-11/h7-10H,5-6H2,1-4H3. The molecule has 0 aromatic carbocycles. The van der Waals surface area contributed by atoms with Gasteiger partial charge in [0, 0.05) is 11.6 Å². The largest absolute Gasteiger partial charge is 0.245 e. The molecule has 0 spiro atoms. The fraction of sp³-hybridized carbons (Fsp3) is 0.643. The molecule has 0 N–H and O–H groups in total. The van der Waals surface area contributed by atoms with Gasteiger partial charge in [-0.25, -0.2) is 4.98 Å². The first-order chi connectivity index (χ1) is 7.35. The zero-order chi connectivity index (χ0) is 12.0. The Morgan fingerprint density at radius 1 is 1.25 bits per heavy atom. The summed E-state index contributed by atoms with van der Waals surface area (Å²) in [6.45, 7) is 9.33. The lowest BCUT2D eigenvalue weighted by molar-refractivity contribution is 0.173. The van der Waals surface area contributed by atoms with Crippen molar-refractivity contribution >= 4 is 11.6 Å². The van der Waals surface area contributed by atoms with Crippen molar-refractivity contribution in [2.45, 2.75) is 46.0 Å². The monoisotopic (exact) mass is 237 g/mol. The van der Waals surface area contributed by atoms with Crippen molar-refractivity contribution in [3.63, 3.8) is 0 Å². The highest BCUT2D eigenvalue weighted by Gasteiger charge is 2.50. The third-order valence-corrected chi connectivity index (χ3v) is 4.48. The van der Waals surface area contributed by atoms with E-state index >= 15 is 0 Å². The van der Waals surface area contributed by atoms with Gasteiger partial charge in [-0.15, -0.1) is 0 Å². The van der Waals surface area contributed by atoms with Crippen LogP contribution in [0.4, 0.5) is 0 Å². The Balaban J connectivity index is 2.48. The summed E-state index contributed by atoms with van der Waals surface area (Å²) in [5, 5.41) is 0.605. The molecular weight excluding hydrogens is 218 g/mol. The summed E-state index contributed by atoms with van der Waals surface area (Å²) >= 11 is 6.01. The normalized spacial score (nSPS) is 20.6. The maximum atomic E-state index is 6.01. The smallest absolute Gasteiger partial charge is 0.129 e. The van der Waals surface area contributed by atoms with Gasteiger partial charge in [-0.1, -0.05) is 39.3 Å². The van der Waals surface area contributed by atoms with E-state index in [4.69, 9.17) is 11.6 Å². The molecule has 1 heterocycles. The fourth-order valence-corrected chi connectivity index (χ4v) is 2.84. The summed E-state index contributed by atoms with van der Waals surface area (Å²) in [5.74, 6) is 0.797. The first-order valence-corrected chi connectivity index (χ1v) is 6.35. The lowest BCUT2D eigenvalue weighted by Gasteiger charge is -2.43. The molecule has 1 saturated carbocycles. The minimum absolute atomic E-state index is 0.208. The third kappa shape index (κ3) is 1.86. The van der Waals surface area contributed by atoms with E-state index in [1.165, 1.54) is 18.4 Å². The van der Waals surface area contributed by atoms with Gasteiger partial charge in [-0.05, 0) is 41.9 Å². The van der Waals surface area contributed by atoms with Crippen LogP contribution in [0, 0.1) is 11.3 Å². The lowest BCUT2D eigenvalue weighted by atomic mass is 9.61. The number of hydrogen-bond donors (Lipinski definition) is 0. The Hall–Kier alpha value is -0.560. The summed E-state index contributed by atoms with van der Waals surface area (Å²) in [7, 11) is 0. The van der Waals surface area contributed by atoms with Crippen molar-refractivity contribution in [2.75, 3.05) is 0 Å². The van der Waals surface area contributed by atoms with Gasteiger partial charge in [-0.3, -0.25) is 0 Å². The van der Waals surface area contributed by atoms with Crippen molar-refractivity contribution in [1.29, 1.82) is 0 Å². The van der Waals surface area contributed by atoms with Crippen LogP contribution in [-0.2, 0) is 5.41 Å². The van der Waals surface area contributed by atoms with Crippen LogP contribution < -0.4 is 0 Å². The average molecular weight is 238 g/mol. The number of halogens is 1. The van der Waals surface area contributed by atoms with E-state index in [-0.39, 0.29) is 10.8 Å². The predicted molar refractivity (Wildman–Crippen MR) is 68.8 cm³/mol. The van der Waals surface area contributed by atoms with Crippen LogP contribution in [0.2, 0.25) is 5.15 Å². The van der Waals surface area contributed by atoms with Gasteiger partial charge in [0.05, 0.1) is 0 Å². The molecule has 1 nitrogen and oxygen atoms in total. The van der Waals surface area contributed by atoms with Crippen LogP contribution in [0.1, 0.15) is 46.1 Å². The number of pyridine rings is 1. The number of nitrogens with zero attached hydrogens (tertiary/aromatic N) is 1. The SMILES string of the molecule is CC(C)(C)C(C)(c1ccnc(Cl)c1)C1CC1. The number of aromatic nitrogens is 1. The van der Waals surface area contributed by atoms with E-state index in [2.05, 4.69) is 38.7 Å². The molecule has 1 fully saturated rings. The van der Waals surface area contributed by atoms with E-state index in [0.29, 0.717) is 5.15 Å². The van der Waals surface area contributed by atoms with Gasteiger partial charge in [0.2, 0.25) is 0 Å². The first-order valence-electron chi connectivity index (χ1n) is 5.98. The molecule has 0 aliphatic heterocycles. The molecule has 88 valence electrons. The Bertz CT molecular complexity index is 390. The van der Waals surface area contributed by atoms with Gasteiger partial charge >= 0.3 is 0 Å². The van der Waals surface area contributed by atoms with Crippen LogP contribution in [-0.4, -0.2) is 4.98 Å². The third-order valence-electron chi connectivity index (χ3n) is 4.28. The molecule has 2 heteroatoms. The van der Waals surface area contributed by atoms with Crippen LogP contribution in [0.3, 0.4) is 0 Å². The van der Waals surface area contributed by atoms with Crippen LogP contribution >= 0.6 is 11.6 Å². The van der Waals surface area contributed by atoms with E-state index < -0.39 is 0 Å². The fourth-order valence-electron chi connectivity index (χ4n) is 2.67. The molecule has 1 atom stereocenters. The molecule has 16 heavy (non-hydrogen) atoms. The number of hydrogen-bond acceptors (Lipinski definition) is 1. The quantitative estimate of drug-likeness (QED) is 0.693. The van der Waals surface area contributed by atoms with Crippen molar-refractivity contribution in [1.82, 2.24) is 4.98 Å².